The highest BCUT2D eigenvalue weighted by molar-refractivity contribution is 5.93. The van der Waals surface area contributed by atoms with Gasteiger partial charge in [0, 0.05) is 24.0 Å². The van der Waals surface area contributed by atoms with Gasteiger partial charge in [-0.25, -0.2) is 9.38 Å². The van der Waals surface area contributed by atoms with E-state index in [1.807, 2.05) is 12.1 Å². The Labute approximate surface area is 193 Å². The third kappa shape index (κ3) is 3.74. The number of hydrogen-bond donors (Lipinski definition) is 0. The van der Waals surface area contributed by atoms with Gasteiger partial charge in [0.1, 0.15) is 0 Å². The number of aromatic nitrogens is 4. The fourth-order valence-electron chi connectivity index (χ4n) is 4.95. The van der Waals surface area contributed by atoms with E-state index in [1.54, 1.807) is 0 Å². The van der Waals surface area contributed by atoms with Gasteiger partial charge in [-0.2, -0.15) is 0 Å². The van der Waals surface area contributed by atoms with Gasteiger partial charge >= 0.3 is 0 Å². The zero-order valence-corrected chi connectivity index (χ0v) is 18.9. The summed E-state index contributed by atoms with van der Waals surface area (Å²) in [7, 11) is 0. The van der Waals surface area contributed by atoms with Crippen molar-refractivity contribution < 1.29 is 0 Å². The lowest BCUT2D eigenvalue weighted by molar-refractivity contribution is 0.400. The molecule has 3 heterocycles. The van der Waals surface area contributed by atoms with E-state index in [1.165, 1.54) is 11.1 Å². The molecule has 0 saturated carbocycles. The van der Waals surface area contributed by atoms with Crippen LogP contribution in [0.25, 0.3) is 27.9 Å². The molecule has 0 bridgehead atoms. The number of fused-ring (bicyclic) bond motifs is 3. The molecule has 1 fully saturated rings. The van der Waals surface area contributed by atoms with E-state index in [-0.39, 0.29) is 0 Å². The third-order valence-corrected chi connectivity index (χ3v) is 6.80. The van der Waals surface area contributed by atoms with Crippen LogP contribution in [0.4, 0.5) is 5.95 Å². The van der Waals surface area contributed by atoms with Gasteiger partial charge in [-0.1, -0.05) is 72.3 Å². The molecular weight excluding hydrogens is 406 g/mol. The normalized spacial score (nSPS) is 14.9. The molecule has 6 rings (SSSR count). The number of hydrogen-bond acceptors (Lipinski definition) is 4. The minimum atomic E-state index is 0.706. The van der Waals surface area contributed by atoms with Crippen LogP contribution in [-0.4, -0.2) is 32.7 Å². The zero-order valence-electron chi connectivity index (χ0n) is 18.9. The van der Waals surface area contributed by atoms with Crippen molar-refractivity contribution in [3.05, 3.63) is 90.0 Å². The van der Waals surface area contributed by atoms with Crippen molar-refractivity contribution >= 4 is 22.5 Å². The number of aryl methyl sites for hydroxylation is 1. The number of piperidine rings is 1. The topological polar surface area (TPSA) is 46.3 Å². The Kier molecular flexibility index (Phi) is 5.02. The first-order valence-electron chi connectivity index (χ1n) is 11.8. The Bertz CT molecular complexity index is 1400. The van der Waals surface area contributed by atoms with Crippen molar-refractivity contribution in [3.63, 3.8) is 0 Å². The van der Waals surface area contributed by atoms with Crippen molar-refractivity contribution in [3.8, 4) is 11.4 Å². The van der Waals surface area contributed by atoms with E-state index < -0.39 is 0 Å². The van der Waals surface area contributed by atoms with Crippen LogP contribution in [0.3, 0.4) is 0 Å². The zero-order chi connectivity index (χ0) is 22.2. The van der Waals surface area contributed by atoms with Crippen LogP contribution >= 0.6 is 0 Å². The summed E-state index contributed by atoms with van der Waals surface area (Å²) in [5.74, 6) is 2.50. The van der Waals surface area contributed by atoms with Gasteiger partial charge in [0.05, 0.1) is 5.52 Å². The van der Waals surface area contributed by atoms with Gasteiger partial charge in [0.2, 0.25) is 5.95 Å². The lowest BCUT2D eigenvalue weighted by Gasteiger charge is -2.33. The molecule has 33 heavy (non-hydrogen) atoms. The average Bonchev–Trinajstić information content (AvgIpc) is 3.31. The first-order chi connectivity index (χ1) is 16.3. The maximum absolute atomic E-state index is 5.12. The van der Waals surface area contributed by atoms with E-state index in [4.69, 9.17) is 4.98 Å². The first kappa shape index (κ1) is 19.9. The predicted octanol–water partition coefficient (Wildman–Crippen LogP) is 5.71. The smallest absolute Gasteiger partial charge is 0.213 e. The van der Waals surface area contributed by atoms with E-state index in [9.17, 15) is 0 Å². The highest BCUT2D eigenvalue weighted by atomic mass is 15.4. The summed E-state index contributed by atoms with van der Waals surface area (Å²) in [5.41, 5.74) is 5.57. The fourth-order valence-corrected chi connectivity index (χ4v) is 4.95. The molecule has 0 radical (unpaired) electrons. The molecule has 0 aliphatic carbocycles. The molecule has 5 aromatic rings. The van der Waals surface area contributed by atoms with Crippen LogP contribution in [0, 0.1) is 12.8 Å². The molecular formula is C28H27N5. The maximum atomic E-state index is 5.12. The Morgan fingerprint density at radius 3 is 2.33 bits per heavy atom. The Morgan fingerprint density at radius 2 is 1.55 bits per heavy atom. The second-order valence-corrected chi connectivity index (χ2v) is 9.10. The minimum Gasteiger partial charge on any atom is -0.342 e. The monoisotopic (exact) mass is 433 g/mol. The van der Waals surface area contributed by atoms with Gasteiger partial charge in [-0.15, -0.1) is 10.2 Å². The van der Waals surface area contributed by atoms with E-state index in [0.29, 0.717) is 5.92 Å². The molecule has 0 N–H and O–H groups in total. The quantitative estimate of drug-likeness (QED) is 0.364. The molecule has 1 aliphatic heterocycles. The van der Waals surface area contributed by atoms with Crippen molar-refractivity contribution in [2.24, 2.45) is 5.92 Å². The van der Waals surface area contributed by atoms with E-state index in [0.717, 1.165) is 66.2 Å². The number of rotatable bonds is 4. The first-order valence-corrected chi connectivity index (χ1v) is 11.8. The molecule has 5 nitrogen and oxygen atoms in total. The molecule has 0 atom stereocenters. The van der Waals surface area contributed by atoms with Gasteiger partial charge in [0.15, 0.2) is 11.5 Å². The molecule has 3 aromatic carbocycles. The Hall–Kier alpha value is -3.73. The number of anilines is 1. The standard InChI is InChI=1S/C28H27N5/c1-20-11-13-23(14-12-20)26-30-31-27-24-9-5-6-10-25(24)29-28(33(26)27)32-17-15-22(16-18-32)19-21-7-3-2-4-8-21/h2-14,22H,15-19H2,1H3. The number of para-hydroxylation sites is 1. The lowest BCUT2D eigenvalue weighted by atomic mass is 9.90. The molecule has 0 spiro atoms. The van der Waals surface area contributed by atoms with Gasteiger partial charge in [0.25, 0.3) is 0 Å². The van der Waals surface area contributed by atoms with Gasteiger partial charge in [-0.3, -0.25) is 0 Å². The predicted molar refractivity (Wildman–Crippen MR) is 134 cm³/mol. The van der Waals surface area contributed by atoms with E-state index in [2.05, 4.69) is 93.2 Å². The molecule has 0 amide bonds. The molecule has 1 saturated heterocycles. The van der Waals surface area contributed by atoms with Gasteiger partial charge in [-0.05, 0) is 49.8 Å². The van der Waals surface area contributed by atoms with Crippen LogP contribution < -0.4 is 4.90 Å². The number of benzene rings is 3. The van der Waals surface area contributed by atoms with Crippen LogP contribution in [0.2, 0.25) is 0 Å². The second-order valence-electron chi connectivity index (χ2n) is 9.10. The largest absolute Gasteiger partial charge is 0.342 e. The summed E-state index contributed by atoms with van der Waals surface area (Å²) in [5, 5.41) is 10.3. The molecule has 1 aliphatic rings. The highest BCUT2D eigenvalue weighted by Crippen LogP contribution is 2.31. The van der Waals surface area contributed by atoms with Crippen molar-refractivity contribution in [1.82, 2.24) is 19.6 Å². The summed E-state index contributed by atoms with van der Waals surface area (Å²) >= 11 is 0. The molecule has 5 heteroatoms. The van der Waals surface area contributed by atoms with Crippen molar-refractivity contribution in [1.29, 1.82) is 0 Å². The second kappa shape index (κ2) is 8.32. The van der Waals surface area contributed by atoms with Crippen molar-refractivity contribution in [2.45, 2.75) is 26.2 Å². The highest BCUT2D eigenvalue weighted by Gasteiger charge is 2.25. The minimum absolute atomic E-state index is 0.706. The summed E-state index contributed by atoms with van der Waals surface area (Å²) in [6.07, 6.45) is 3.47. The van der Waals surface area contributed by atoms with Crippen LogP contribution in [0.1, 0.15) is 24.0 Å². The summed E-state index contributed by atoms with van der Waals surface area (Å²) in [6, 6.07) is 27.6. The third-order valence-electron chi connectivity index (χ3n) is 6.80. The van der Waals surface area contributed by atoms with Crippen molar-refractivity contribution in [2.75, 3.05) is 18.0 Å². The Balaban J connectivity index is 1.38. The molecule has 0 unspecified atom stereocenters. The lowest BCUT2D eigenvalue weighted by Crippen LogP contribution is -2.36. The Morgan fingerprint density at radius 1 is 0.818 bits per heavy atom. The van der Waals surface area contributed by atoms with Crippen LogP contribution in [-0.2, 0) is 6.42 Å². The maximum Gasteiger partial charge on any atom is 0.213 e. The van der Waals surface area contributed by atoms with Crippen LogP contribution in [0.15, 0.2) is 78.9 Å². The summed E-state index contributed by atoms with van der Waals surface area (Å²) in [6.45, 7) is 4.08. The molecule has 164 valence electrons. The summed E-state index contributed by atoms with van der Waals surface area (Å²) < 4.78 is 2.16. The number of nitrogens with zero attached hydrogens (tertiary/aromatic N) is 5. The average molecular weight is 434 g/mol. The fraction of sp³-hybridized carbons (Fsp3) is 0.250. The van der Waals surface area contributed by atoms with E-state index >= 15 is 0 Å². The summed E-state index contributed by atoms with van der Waals surface area (Å²) in [4.78, 5) is 7.54. The van der Waals surface area contributed by atoms with Gasteiger partial charge < -0.3 is 4.90 Å². The molecule has 2 aromatic heterocycles. The van der Waals surface area contributed by atoms with Crippen LogP contribution in [0.5, 0.6) is 0 Å². The SMILES string of the molecule is Cc1ccc(-c2nnc3c4ccccc4nc(N4CCC(Cc5ccccc5)CC4)n23)cc1.